The first-order valence-electron chi connectivity index (χ1n) is 3.08. The van der Waals surface area contributed by atoms with Crippen molar-refractivity contribution in [2.24, 2.45) is 10.7 Å². The number of primary amides is 1. The Balaban J connectivity index is 0. The van der Waals surface area contributed by atoms with E-state index in [9.17, 15) is 9.59 Å². The number of carbonyl (C=O) groups excluding carboxylic acids is 1. The molecule has 0 aromatic carbocycles. The summed E-state index contributed by atoms with van der Waals surface area (Å²) in [7, 11) is 0. The molecule has 2 amide bonds. The molecular formula is C7H12N2O3. The Kier molecular flexibility index (Phi) is 8.06. The number of aliphatic carboxylic acids is 1. The zero-order valence-electron chi connectivity index (χ0n) is 7.07. The first kappa shape index (κ1) is 13.0. The quantitative estimate of drug-likeness (QED) is 0.452. The van der Waals surface area contributed by atoms with E-state index in [-0.39, 0.29) is 5.57 Å². The molecule has 0 radical (unpaired) electrons. The third-order valence-electron chi connectivity index (χ3n) is 0.621. The second kappa shape index (κ2) is 7.46. The molecule has 12 heavy (non-hydrogen) atoms. The van der Waals surface area contributed by atoms with Crippen molar-refractivity contribution in [3.8, 4) is 0 Å². The summed E-state index contributed by atoms with van der Waals surface area (Å²) >= 11 is 0. The first-order valence-corrected chi connectivity index (χ1v) is 3.08. The molecule has 5 nitrogen and oxygen atoms in total. The highest BCUT2D eigenvalue weighted by molar-refractivity contribution is 5.84. The van der Waals surface area contributed by atoms with Crippen LogP contribution in [-0.4, -0.2) is 23.3 Å². The maximum atomic E-state index is 9.62. The monoisotopic (exact) mass is 172 g/mol. The smallest absolute Gasteiger partial charge is 0.337 e. The van der Waals surface area contributed by atoms with Crippen LogP contribution in [-0.2, 0) is 4.79 Å². The molecule has 0 aliphatic heterocycles. The van der Waals surface area contributed by atoms with Gasteiger partial charge in [0.2, 0.25) is 0 Å². The predicted molar refractivity (Wildman–Crippen MR) is 46.2 cm³/mol. The van der Waals surface area contributed by atoms with Gasteiger partial charge in [-0.2, -0.15) is 0 Å². The van der Waals surface area contributed by atoms with Gasteiger partial charge in [-0.1, -0.05) is 6.58 Å². The van der Waals surface area contributed by atoms with Gasteiger partial charge in [0.1, 0.15) is 0 Å². The number of carboxylic acid groups (broad SMARTS) is 1. The van der Waals surface area contributed by atoms with E-state index in [2.05, 4.69) is 17.3 Å². The van der Waals surface area contributed by atoms with Crippen molar-refractivity contribution in [1.29, 1.82) is 0 Å². The Bertz CT molecular complexity index is 197. The van der Waals surface area contributed by atoms with Crippen molar-refractivity contribution in [3.05, 3.63) is 12.2 Å². The molecule has 0 heterocycles. The normalized spacial score (nSPS) is 8.50. The molecule has 0 rings (SSSR count). The van der Waals surface area contributed by atoms with Gasteiger partial charge in [-0.15, -0.1) is 0 Å². The molecule has 3 N–H and O–H groups in total. The van der Waals surface area contributed by atoms with E-state index >= 15 is 0 Å². The van der Waals surface area contributed by atoms with Crippen LogP contribution in [0.15, 0.2) is 17.1 Å². The van der Waals surface area contributed by atoms with Gasteiger partial charge in [0.25, 0.3) is 0 Å². The van der Waals surface area contributed by atoms with Crippen LogP contribution < -0.4 is 5.73 Å². The van der Waals surface area contributed by atoms with Crippen LogP contribution in [0.4, 0.5) is 4.79 Å². The van der Waals surface area contributed by atoms with E-state index in [0.717, 1.165) is 0 Å². The molecule has 0 spiro atoms. The standard InChI is InChI=1S/C4H6O2.C3H6N2O/c1-3(2)4(5)6;1-2-5-3(4)6/h1H2,2H3,(H,5,6);2H,1H3,(H2,4,6). The van der Waals surface area contributed by atoms with Crippen LogP contribution in [0.5, 0.6) is 0 Å². The van der Waals surface area contributed by atoms with E-state index in [1.165, 1.54) is 13.1 Å². The number of carbonyl (C=O) groups is 2. The van der Waals surface area contributed by atoms with Crippen molar-refractivity contribution < 1.29 is 14.7 Å². The number of hydrogen-bond donors (Lipinski definition) is 2. The summed E-state index contributed by atoms with van der Waals surface area (Å²) in [6.45, 7) is 6.23. The number of carboxylic acids is 1. The van der Waals surface area contributed by atoms with Crippen LogP contribution in [0.1, 0.15) is 13.8 Å². The highest BCUT2D eigenvalue weighted by atomic mass is 16.4. The summed E-state index contributed by atoms with van der Waals surface area (Å²) in [5, 5.41) is 7.89. The van der Waals surface area contributed by atoms with Crippen molar-refractivity contribution in [2.45, 2.75) is 13.8 Å². The Labute approximate surface area is 70.6 Å². The van der Waals surface area contributed by atoms with Crippen molar-refractivity contribution in [1.82, 2.24) is 0 Å². The fourth-order valence-electron chi connectivity index (χ4n) is 0.127. The van der Waals surface area contributed by atoms with Gasteiger partial charge in [-0.25, -0.2) is 14.6 Å². The lowest BCUT2D eigenvalue weighted by Gasteiger charge is -1.79. The number of aliphatic imine (C=N–C) groups is 1. The molecule has 68 valence electrons. The lowest BCUT2D eigenvalue weighted by Crippen LogP contribution is -2.02. The van der Waals surface area contributed by atoms with Gasteiger partial charge < -0.3 is 10.8 Å². The highest BCUT2D eigenvalue weighted by Gasteiger charge is 1.90. The minimum atomic E-state index is -0.935. The minimum absolute atomic E-state index is 0.176. The summed E-state index contributed by atoms with van der Waals surface area (Å²) in [5.41, 5.74) is 4.74. The second-order valence-electron chi connectivity index (χ2n) is 1.81. The Morgan fingerprint density at radius 1 is 1.58 bits per heavy atom. The lowest BCUT2D eigenvalue weighted by atomic mass is 10.4. The molecule has 0 aliphatic carbocycles. The maximum Gasteiger partial charge on any atom is 0.337 e. The summed E-state index contributed by atoms with van der Waals surface area (Å²) in [6, 6.07) is -0.641. The molecular weight excluding hydrogens is 160 g/mol. The molecule has 5 heteroatoms. The van der Waals surface area contributed by atoms with Gasteiger partial charge in [-0.3, -0.25) is 0 Å². The predicted octanol–water partition coefficient (Wildman–Crippen LogP) is 0.803. The zero-order valence-corrected chi connectivity index (χ0v) is 7.07. The number of urea groups is 1. The van der Waals surface area contributed by atoms with Crippen LogP contribution in [0.25, 0.3) is 0 Å². The Morgan fingerprint density at radius 2 is 1.92 bits per heavy atom. The largest absolute Gasteiger partial charge is 0.478 e. The minimum Gasteiger partial charge on any atom is -0.478 e. The van der Waals surface area contributed by atoms with Gasteiger partial charge in [0.15, 0.2) is 0 Å². The summed E-state index contributed by atoms with van der Waals surface area (Å²) in [6.07, 6.45) is 1.35. The SMILES string of the molecule is C=C(C)C(=O)O.CC=NC(N)=O. The van der Waals surface area contributed by atoms with E-state index in [0.29, 0.717) is 0 Å². The van der Waals surface area contributed by atoms with Crippen molar-refractivity contribution >= 4 is 18.2 Å². The molecule has 0 saturated carbocycles. The zero-order chi connectivity index (χ0) is 10.1. The van der Waals surface area contributed by atoms with Gasteiger partial charge >= 0.3 is 12.0 Å². The number of nitrogens with two attached hydrogens (primary N) is 1. The number of amides is 2. The van der Waals surface area contributed by atoms with E-state index in [1.807, 2.05) is 0 Å². The summed E-state index contributed by atoms with van der Waals surface area (Å²) in [4.78, 5) is 22.4. The first-order chi connectivity index (χ1) is 5.41. The fourth-order valence-corrected chi connectivity index (χ4v) is 0.127. The third-order valence-corrected chi connectivity index (χ3v) is 0.621. The van der Waals surface area contributed by atoms with Crippen LogP contribution in [0.2, 0.25) is 0 Å². The molecule has 0 bridgehead atoms. The van der Waals surface area contributed by atoms with Crippen LogP contribution in [0.3, 0.4) is 0 Å². The molecule has 0 aromatic rings. The molecule has 0 unspecified atom stereocenters. The molecule has 0 saturated heterocycles. The molecule has 0 aromatic heterocycles. The number of rotatable bonds is 1. The molecule has 0 atom stereocenters. The maximum absolute atomic E-state index is 9.62. The highest BCUT2D eigenvalue weighted by Crippen LogP contribution is 1.81. The lowest BCUT2D eigenvalue weighted by molar-refractivity contribution is -0.132. The van der Waals surface area contributed by atoms with E-state index in [1.54, 1.807) is 6.92 Å². The average Bonchev–Trinajstić information content (AvgIpc) is 1.87. The van der Waals surface area contributed by atoms with Gasteiger partial charge in [0, 0.05) is 11.8 Å². The topological polar surface area (TPSA) is 92.8 Å². The van der Waals surface area contributed by atoms with Crippen molar-refractivity contribution in [3.63, 3.8) is 0 Å². The van der Waals surface area contributed by atoms with Gasteiger partial charge in [-0.05, 0) is 13.8 Å². The number of nitrogens with zero attached hydrogens (tertiary/aromatic N) is 1. The van der Waals surface area contributed by atoms with E-state index in [4.69, 9.17) is 5.11 Å². The Morgan fingerprint density at radius 3 is 1.92 bits per heavy atom. The van der Waals surface area contributed by atoms with Crippen LogP contribution in [0, 0.1) is 0 Å². The van der Waals surface area contributed by atoms with Gasteiger partial charge in [0.05, 0.1) is 0 Å². The Hall–Kier alpha value is -1.65. The summed E-state index contributed by atoms with van der Waals surface area (Å²) in [5.74, 6) is -0.935. The van der Waals surface area contributed by atoms with E-state index < -0.39 is 12.0 Å². The summed E-state index contributed by atoms with van der Waals surface area (Å²) < 4.78 is 0. The third kappa shape index (κ3) is 15.8. The number of hydrogen-bond acceptors (Lipinski definition) is 2. The second-order valence-corrected chi connectivity index (χ2v) is 1.81. The molecule has 0 aliphatic rings. The fraction of sp³-hybridized carbons (Fsp3) is 0.286. The molecule has 0 fully saturated rings. The van der Waals surface area contributed by atoms with Crippen LogP contribution >= 0.6 is 0 Å². The van der Waals surface area contributed by atoms with Crippen molar-refractivity contribution in [2.75, 3.05) is 0 Å². The average molecular weight is 172 g/mol.